The van der Waals surface area contributed by atoms with Crippen LogP contribution in [0.15, 0.2) is 12.1 Å². The molecule has 1 atom stereocenters. The SMILES string of the molecule is Cc1cc(C)c(NC2CNC(C)(C)C2)c(Cl)c1. The Morgan fingerprint density at radius 1 is 1.35 bits per heavy atom. The van der Waals surface area contributed by atoms with Crippen LogP contribution >= 0.6 is 11.6 Å². The van der Waals surface area contributed by atoms with Crippen molar-refractivity contribution in [3.8, 4) is 0 Å². The summed E-state index contributed by atoms with van der Waals surface area (Å²) in [6.45, 7) is 9.64. The van der Waals surface area contributed by atoms with Crippen LogP contribution in [-0.2, 0) is 0 Å². The highest BCUT2D eigenvalue weighted by atomic mass is 35.5. The minimum Gasteiger partial charge on any atom is -0.380 e. The molecule has 0 amide bonds. The Hall–Kier alpha value is -0.730. The molecule has 1 fully saturated rings. The molecule has 1 aromatic carbocycles. The highest BCUT2D eigenvalue weighted by Crippen LogP contribution is 2.30. The van der Waals surface area contributed by atoms with Crippen molar-refractivity contribution in [3.63, 3.8) is 0 Å². The number of halogens is 1. The Morgan fingerprint density at radius 3 is 2.59 bits per heavy atom. The summed E-state index contributed by atoms with van der Waals surface area (Å²) in [7, 11) is 0. The van der Waals surface area contributed by atoms with Crippen molar-refractivity contribution in [2.45, 2.75) is 45.7 Å². The molecule has 0 radical (unpaired) electrons. The van der Waals surface area contributed by atoms with Gasteiger partial charge in [-0.25, -0.2) is 0 Å². The summed E-state index contributed by atoms with van der Waals surface area (Å²) in [6.07, 6.45) is 1.12. The van der Waals surface area contributed by atoms with E-state index in [0.29, 0.717) is 6.04 Å². The second-order valence-corrected chi connectivity index (χ2v) is 6.16. The lowest BCUT2D eigenvalue weighted by atomic mass is 10.0. The molecule has 0 aromatic heterocycles. The van der Waals surface area contributed by atoms with E-state index in [0.717, 1.165) is 23.7 Å². The van der Waals surface area contributed by atoms with Crippen molar-refractivity contribution in [2.75, 3.05) is 11.9 Å². The maximum Gasteiger partial charge on any atom is 0.0642 e. The fourth-order valence-electron chi connectivity index (χ4n) is 2.56. The molecule has 0 bridgehead atoms. The van der Waals surface area contributed by atoms with Crippen molar-refractivity contribution < 1.29 is 0 Å². The summed E-state index contributed by atoms with van der Waals surface area (Å²) in [5, 5.41) is 7.90. The van der Waals surface area contributed by atoms with Gasteiger partial charge in [-0.2, -0.15) is 0 Å². The normalized spacial score (nSPS) is 22.8. The molecule has 1 heterocycles. The van der Waals surface area contributed by atoms with Gasteiger partial charge in [0.15, 0.2) is 0 Å². The molecule has 2 nitrogen and oxygen atoms in total. The molecule has 1 aliphatic rings. The number of hydrogen-bond acceptors (Lipinski definition) is 2. The molecule has 1 aromatic rings. The number of anilines is 1. The molecule has 0 aliphatic carbocycles. The zero-order valence-electron chi connectivity index (χ0n) is 11.0. The van der Waals surface area contributed by atoms with E-state index in [1.54, 1.807) is 0 Å². The maximum atomic E-state index is 6.30. The number of rotatable bonds is 2. The number of benzene rings is 1. The molecule has 2 rings (SSSR count). The van der Waals surface area contributed by atoms with Crippen LogP contribution in [0.2, 0.25) is 5.02 Å². The Balaban J connectivity index is 2.15. The van der Waals surface area contributed by atoms with E-state index in [2.05, 4.69) is 44.4 Å². The molecule has 2 N–H and O–H groups in total. The molecule has 0 saturated carbocycles. The van der Waals surface area contributed by atoms with Crippen LogP contribution in [-0.4, -0.2) is 18.1 Å². The first-order valence-corrected chi connectivity index (χ1v) is 6.53. The lowest BCUT2D eigenvalue weighted by molar-refractivity contribution is 0.457. The molecule has 1 saturated heterocycles. The van der Waals surface area contributed by atoms with Gasteiger partial charge in [0.05, 0.1) is 10.7 Å². The van der Waals surface area contributed by atoms with E-state index < -0.39 is 0 Å². The second kappa shape index (κ2) is 4.51. The quantitative estimate of drug-likeness (QED) is 0.842. The molecule has 1 unspecified atom stereocenters. The molecule has 0 spiro atoms. The summed E-state index contributed by atoms with van der Waals surface area (Å²) in [5.41, 5.74) is 3.74. The molecule has 94 valence electrons. The topological polar surface area (TPSA) is 24.1 Å². The average Bonchev–Trinajstić information content (AvgIpc) is 2.52. The molecule has 3 heteroatoms. The predicted molar refractivity (Wildman–Crippen MR) is 75.0 cm³/mol. The smallest absolute Gasteiger partial charge is 0.0642 e. The van der Waals surface area contributed by atoms with E-state index in [-0.39, 0.29) is 5.54 Å². The van der Waals surface area contributed by atoms with Crippen LogP contribution < -0.4 is 10.6 Å². The monoisotopic (exact) mass is 252 g/mol. The third-order valence-corrected chi connectivity index (χ3v) is 3.66. The zero-order chi connectivity index (χ0) is 12.6. The lowest BCUT2D eigenvalue weighted by Gasteiger charge is -2.20. The van der Waals surface area contributed by atoms with Crippen LogP contribution in [0.1, 0.15) is 31.4 Å². The van der Waals surface area contributed by atoms with Gasteiger partial charge in [-0.05, 0) is 51.3 Å². The van der Waals surface area contributed by atoms with Gasteiger partial charge in [-0.3, -0.25) is 0 Å². The Morgan fingerprint density at radius 2 is 2.06 bits per heavy atom. The van der Waals surface area contributed by atoms with Crippen LogP contribution in [0.4, 0.5) is 5.69 Å². The van der Waals surface area contributed by atoms with Gasteiger partial charge in [0.2, 0.25) is 0 Å². The maximum absolute atomic E-state index is 6.30. The lowest BCUT2D eigenvalue weighted by Crippen LogP contribution is -2.31. The zero-order valence-corrected chi connectivity index (χ0v) is 11.8. The summed E-state index contributed by atoms with van der Waals surface area (Å²) in [6, 6.07) is 4.65. The fraction of sp³-hybridized carbons (Fsp3) is 0.571. The summed E-state index contributed by atoms with van der Waals surface area (Å²) in [5.74, 6) is 0. The van der Waals surface area contributed by atoms with Crippen molar-refractivity contribution in [3.05, 3.63) is 28.3 Å². The largest absolute Gasteiger partial charge is 0.380 e. The van der Waals surface area contributed by atoms with Crippen molar-refractivity contribution in [2.24, 2.45) is 0 Å². The van der Waals surface area contributed by atoms with E-state index in [1.165, 1.54) is 11.1 Å². The third-order valence-electron chi connectivity index (χ3n) is 3.36. The summed E-state index contributed by atoms with van der Waals surface area (Å²) >= 11 is 6.30. The fourth-order valence-corrected chi connectivity index (χ4v) is 2.94. The van der Waals surface area contributed by atoms with Crippen molar-refractivity contribution in [1.82, 2.24) is 5.32 Å². The van der Waals surface area contributed by atoms with Gasteiger partial charge in [0, 0.05) is 18.1 Å². The predicted octanol–water partition coefficient (Wildman–Crippen LogP) is 3.51. The number of aryl methyl sites for hydroxylation is 2. The molecule has 1 aliphatic heterocycles. The van der Waals surface area contributed by atoms with Gasteiger partial charge >= 0.3 is 0 Å². The Labute approximate surface area is 109 Å². The highest BCUT2D eigenvalue weighted by molar-refractivity contribution is 6.33. The van der Waals surface area contributed by atoms with Gasteiger partial charge < -0.3 is 10.6 Å². The van der Waals surface area contributed by atoms with E-state index in [1.807, 2.05) is 6.07 Å². The number of hydrogen-bond donors (Lipinski definition) is 2. The number of nitrogens with one attached hydrogen (secondary N) is 2. The van der Waals surface area contributed by atoms with Crippen LogP contribution in [0, 0.1) is 13.8 Å². The first kappa shape index (κ1) is 12.7. The molecule has 17 heavy (non-hydrogen) atoms. The summed E-state index contributed by atoms with van der Waals surface area (Å²) in [4.78, 5) is 0. The standard InChI is InChI=1S/C14H21ClN2/c1-9-5-10(2)13(12(15)6-9)17-11-7-14(3,4)16-8-11/h5-6,11,16-17H,7-8H2,1-4H3. The summed E-state index contributed by atoms with van der Waals surface area (Å²) < 4.78 is 0. The van der Waals surface area contributed by atoms with Crippen molar-refractivity contribution in [1.29, 1.82) is 0 Å². The molecular weight excluding hydrogens is 232 g/mol. The highest BCUT2D eigenvalue weighted by Gasteiger charge is 2.30. The Kier molecular flexibility index (Phi) is 3.37. The minimum absolute atomic E-state index is 0.225. The van der Waals surface area contributed by atoms with Crippen LogP contribution in [0.25, 0.3) is 0 Å². The van der Waals surface area contributed by atoms with Gasteiger partial charge in [0.25, 0.3) is 0 Å². The van der Waals surface area contributed by atoms with Crippen LogP contribution in [0.3, 0.4) is 0 Å². The third kappa shape index (κ3) is 2.93. The van der Waals surface area contributed by atoms with Crippen molar-refractivity contribution >= 4 is 17.3 Å². The minimum atomic E-state index is 0.225. The van der Waals surface area contributed by atoms with Gasteiger partial charge in [-0.1, -0.05) is 17.7 Å². The average molecular weight is 253 g/mol. The van der Waals surface area contributed by atoms with Gasteiger partial charge in [0.1, 0.15) is 0 Å². The van der Waals surface area contributed by atoms with Gasteiger partial charge in [-0.15, -0.1) is 0 Å². The van der Waals surface area contributed by atoms with E-state index in [4.69, 9.17) is 11.6 Å². The molecular formula is C14H21ClN2. The second-order valence-electron chi connectivity index (χ2n) is 5.75. The first-order valence-electron chi connectivity index (χ1n) is 6.16. The first-order chi connectivity index (χ1) is 7.87. The van der Waals surface area contributed by atoms with E-state index in [9.17, 15) is 0 Å². The van der Waals surface area contributed by atoms with Crippen LogP contribution in [0.5, 0.6) is 0 Å². The van der Waals surface area contributed by atoms with E-state index >= 15 is 0 Å². The Bertz CT molecular complexity index is 403.